The molecule has 0 atom stereocenters. The molecule has 0 aliphatic rings. The first-order chi connectivity index (χ1) is 34.2. The second-order valence-electron chi connectivity index (χ2n) is 18.0. The smallest absolute Gasteiger partial charge is 0.0462 e. The molecule has 0 unspecified atom stereocenters. The average molecular weight is 876 g/mol. The van der Waals surface area contributed by atoms with Gasteiger partial charge in [0.15, 0.2) is 0 Å². The summed E-state index contributed by atoms with van der Waals surface area (Å²) in [7, 11) is 0. The zero-order valence-corrected chi connectivity index (χ0v) is 37.9. The summed E-state index contributed by atoms with van der Waals surface area (Å²) >= 11 is 0. The lowest BCUT2D eigenvalue weighted by Crippen LogP contribution is -2.09. The zero-order valence-electron chi connectivity index (χ0n) is 37.9. The van der Waals surface area contributed by atoms with Gasteiger partial charge in [-0.2, -0.15) is 0 Å². The van der Waals surface area contributed by atoms with E-state index in [9.17, 15) is 0 Å². The van der Waals surface area contributed by atoms with Crippen LogP contribution in [0.2, 0.25) is 0 Å². The van der Waals surface area contributed by atoms with Crippen molar-refractivity contribution in [2.75, 3.05) is 4.90 Å². The van der Waals surface area contributed by atoms with Gasteiger partial charge in [-0.05, 0) is 152 Å². The first kappa shape index (κ1) is 40.3. The van der Waals surface area contributed by atoms with E-state index in [2.05, 4.69) is 278 Å². The molecule has 13 aromatic carbocycles. The molecule has 0 saturated carbocycles. The summed E-state index contributed by atoms with van der Waals surface area (Å²) in [6.45, 7) is 0. The molecule has 0 bridgehead atoms. The minimum absolute atomic E-state index is 1.09. The van der Waals surface area contributed by atoms with Crippen LogP contribution in [0.1, 0.15) is 0 Å². The zero-order chi connectivity index (χ0) is 45.7. The Hall–Kier alpha value is -9.04. The largest absolute Gasteiger partial charge is 0.311 e. The number of anilines is 3. The summed E-state index contributed by atoms with van der Waals surface area (Å²) in [4.78, 5) is 2.38. The molecule has 0 aliphatic carbocycles. The van der Waals surface area contributed by atoms with Crippen LogP contribution in [0.15, 0.2) is 273 Å². The van der Waals surface area contributed by atoms with Crippen molar-refractivity contribution in [2.45, 2.75) is 0 Å². The number of benzene rings is 13. The van der Waals surface area contributed by atoms with Gasteiger partial charge < -0.3 is 4.90 Å². The Balaban J connectivity index is 0.895. The molecule has 0 radical (unpaired) electrons. The molecule has 0 amide bonds. The van der Waals surface area contributed by atoms with E-state index in [-0.39, 0.29) is 0 Å². The van der Waals surface area contributed by atoms with Crippen LogP contribution in [-0.2, 0) is 0 Å². The molecule has 0 aliphatic heterocycles. The molecule has 0 saturated heterocycles. The SMILES string of the molecule is c1ccc(-c2c(-c3ccc(N(c4ccc(-c5ccc(-c6ccc7ccccc7c6)cc5)cc4)c4ccc(-c5cccc6c7ccccc7c7ccccc7c56)cc4)cc3)ccc3ccccc23)cc1. The summed E-state index contributed by atoms with van der Waals surface area (Å²) in [5, 5.41) is 12.7. The third-order valence-electron chi connectivity index (χ3n) is 14.1. The van der Waals surface area contributed by atoms with E-state index in [1.807, 2.05) is 0 Å². The maximum atomic E-state index is 2.38. The van der Waals surface area contributed by atoms with Crippen molar-refractivity contribution >= 4 is 70.9 Å². The van der Waals surface area contributed by atoms with Crippen LogP contribution in [0.25, 0.3) is 109 Å². The van der Waals surface area contributed by atoms with Crippen molar-refractivity contribution in [3.8, 4) is 55.6 Å². The van der Waals surface area contributed by atoms with Crippen molar-refractivity contribution in [1.82, 2.24) is 0 Å². The minimum Gasteiger partial charge on any atom is -0.311 e. The highest BCUT2D eigenvalue weighted by atomic mass is 15.1. The highest BCUT2D eigenvalue weighted by molar-refractivity contribution is 6.28. The van der Waals surface area contributed by atoms with Gasteiger partial charge in [0.25, 0.3) is 0 Å². The minimum atomic E-state index is 1.09. The van der Waals surface area contributed by atoms with Crippen LogP contribution < -0.4 is 4.90 Å². The quantitative estimate of drug-likeness (QED) is 0.138. The topological polar surface area (TPSA) is 3.24 Å². The van der Waals surface area contributed by atoms with Crippen LogP contribution >= 0.6 is 0 Å². The monoisotopic (exact) mass is 875 g/mol. The molecule has 13 rings (SSSR count). The van der Waals surface area contributed by atoms with Crippen molar-refractivity contribution in [3.63, 3.8) is 0 Å². The molecule has 0 N–H and O–H groups in total. The number of nitrogens with zero attached hydrogens (tertiary/aromatic N) is 1. The molecule has 1 heteroatoms. The number of rotatable bonds is 8. The summed E-state index contributed by atoms with van der Waals surface area (Å²) in [5.41, 5.74) is 15.3. The van der Waals surface area contributed by atoms with Crippen molar-refractivity contribution in [3.05, 3.63) is 273 Å². The highest BCUT2D eigenvalue weighted by Gasteiger charge is 2.18. The van der Waals surface area contributed by atoms with E-state index in [4.69, 9.17) is 0 Å². The third kappa shape index (κ3) is 7.20. The number of fused-ring (bicyclic) bond motifs is 8. The maximum Gasteiger partial charge on any atom is 0.0462 e. The Labute approximate surface area is 402 Å². The van der Waals surface area contributed by atoms with Crippen LogP contribution in [0.4, 0.5) is 17.1 Å². The molecular formula is C68H45N. The van der Waals surface area contributed by atoms with Gasteiger partial charge in [0.1, 0.15) is 0 Å². The van der Waals surface area contributed by atoms with E-state index in [0.29, 0.717) is 0 Å². The predicted molar refractivity (Wildman–Crippen MR) is 296 cm³/mol. The van der Waals surface area contributed by atoms with Gasteiger partial charge >= 0.3 is 0 Å². The van der Waals surface area contributed by atoms with Gasteiger partial charge in [0, 0.05) is 17.1 Å². The third-order valence-corrected chi connectivity index (χ3v) is 14.1. The van der Waals surface area contributed by atoms with Gasteiger partial charge in [-0.1, -0.05) is 231 Å². The number of hydrogen-bond acceptors (Lipinski definition) is 1. The molecule has 0 aromatic heterocycles. The second kappa shape index (κ2) is 17.0. The van der Waals surface area contributed by atoms with Gasteiger partial charge in [-0.3, -0.25) is 0 Å². The summed E-state index contributed by atoms with van der Waals surface area (Å²) in [6, 6.07) is 99.9. The fourth-order valence-corrected chi connectivity index (χ4v) is 10.7. The van der Waals surface area contributed by atoms with Gasteiger partial charge in [-0.25, -0.2) is 0 Å². The fourth-order valence-electron chi connectivity index (χ4n) is 10.7. The molecule has 322 valence electrons. The van der Waals surface area contributed by atoms with E-state index < -0.39 is 0 Å². The van der Waals surface area contributed by atoms with Crippen LogP contribution in [0.3, 0.4) is 0 Å². The molecular weight excluding hydrogens is 831 g/mol. The van der Waals surface area contributed by atoms with Gasteiger partial charge in [-0.15, -0.1) is 0 Å². The standard InChI is InChI=1S/C68H45N/c1-2-15-53(16-3-1)67-59-18-7-6-14-50(59)37-44-61(67)52-35-42-58(43-36-52)69(56-38-31-48(32-39-56)47-25-27-49(28-26-47)55-30-29-46-13-4-5-17-54(46)45-55)57-40-33-51(34-41-57)60-23-12-24-66-64-20-9-8-19-62(64)63-21-10-11-22-65(63)68(60)66/h1-45H. The predicted octanol–water partition coefficient (Wildman–Crippen LogP) is 19.3. The Morgan fingerprint density at radius 3 is 1.22 bits per heavy atom. The van der Waals surface area contributed by atoms with Crippen molar-refractivity contribution in [1.29, 1.82) is 0 Å². The van der Waals surface area contributed by atoms with Gasteiger partial charge in [0.2, 0.25) is 0 Å². The lowest BCUT2D eigenvalue weighted by molar-refractivity contribution is 1.28. The first-order valence-electron chi connectivity index (χ1n) is 23.8. The molecule has 69 heavy (non-hydrogen) atoms. The highest BCUT2D eigenvalue weighted by Crippen LogP contribution is 2.44. The molecule has 0 spiro atoms. The Morgan fingerprint density at radius 2 is 0.609 bits per heavy atom. The Bertz CT molecular complexity index is 3980. The summed E-state index contributed by atoms with van der Waals surface area (Å²) in [6.07, 6.45) is 0. The number of hydrogen-bond donors (Lipinski definition) is 0. The normalized spacial score (nSPS) is 11.5. The van der Waals surface area contributed by atoms with Crippen LogP contribution in [0.5, 0.6) is 0 Å². The fraction of sp³-hybridized carbons (Fsp3) is 0. The average Bonchev–Trinajstić information content (AvgIpc) is 3.43. The maximum absolute atomic E-state index is 2.38. The van der Waals surface area contributed by atoms with E-state index in [1.54, 1.807) is 0 Å². The molecule has 0 fully saturated rings. The van der Waals surface area contributed by atoms with Crippen LogP contribution in [-0.4, -0.2) is 0 Å². The lowest BCUT2D eigenvalue weighted by Gasteiger charge is -2.26. The van der Waals surface area contributed by atoms with E-state index in [1.165, 1.54) is 109 Å². The summed E-state index contributed by atoms with van der Waals surface area (Å²) in [5.74, 6) is 0. The van der Waals surface area contributed by atoms with Crippen LogP contribution in [0, 0.1) is 0 Å². The van der Waals surface area contributed by atoms with Crippen molar-refractivity contribution < 1.29 is 0 Å². The van der Waals surface area contributed by atoms with Crippen molar-refractivity contribution in [2.24, 2.45) is 0 Å². The molecule has 0 heterocycles. The Morgan fingerprint density at radius 1 is 0.203 bits per heavy atom. The first-order valence-corrected chi connectivity index (χ1v) is 23.8. The van der Waals surface area contributed by atoms with E-state index >= 15 is 0 Å². The molecule has 13 aromatic rings. The molecule has 1 nitrogen and oxygen atoms in total. The Kier molecular flexibility index (Phi) is 9.91. The summed E-state index contributed by atoms with van der Waals surface area (Å²) < 4.78 is 0. The van der Waals surface area contributed by atoms with Gasteiger partial charge in [0.05, 0.1) is 0 Å². The van der Waals surface area contributed by atoms with E-state index in [0.717, 1.165) is 17.1 Å². The lowest BCUT2D eigenvalue weighted by atomic mass is 9.89. The second-order valence-corrected chi connectivity index (χ2v) is 18.0.